The minimum absolute atomic E-state index is 0.122. The van der Waals surface area contributed by atoms with Crippen LogP contribution < -0.4 is 9.62 Å². The molecule has 0 bridgehead atoms. The molecule has 0 saturated carbocycles. The standard InChI is InChI=1S/C18H26N2O3S/c1-14-13-16(9-10-17(14)20(2)24(3,22)23)18(21)19-12-11-15-7-5-4-6-8-15/h7,9-10,13H,4-6,8,11-12H2,1-3H3,(H,19,21). The maximum Gasteiger partial charge on any atom is 0.251 e. The Hall–Kier alpha value is -1.82. The molecule has 132 valence electrons. The molecule has 24 heavy (non-hydrogen) atoms. The molecule has 2 rings (SSSR count). The second kappa shape index (κ2) is 7.83. The van der Waals surface area contributed by atoms with Gasteiger partial charge in [-0.2, -0.15) is 0 Å². The summed E-state index contributed by atoms with van der Waals surface area (Å²) in [5.74, 6) is -0.122. The zero-order valence-electron chi connectivity index (χ0n) is 14.6. The largest absolute Gasteiger partial charge is 0.352 e. The van der Waals surface area contributed by atoms with Crippen LogP contribution in [-0.4, -0.2) is 34.2 Å². The molecule has 6 heteroatoms. The summed E-state index contributed by atoms with van der Waals surface area (Å²) in [5.41, 5.74) is 3.32. The van der Waals surface area contributed by atoms with Crippen molar-refractivity contribution in [2.45, 2.75) is 39.0 Å². The number of carbonyl (C=O) groups is 1. The van der Waals surface area contributed by atoms with Crippen molar-refractivity contribution in [1.29, 1.82) is 0 Å². The van der Waals surface area contributed by atoms with Crippen molar-refractivity contribution in [3.05, 3.63) is 41.0 Å². The van der Waals surface area contributed by atoms with Gasteiger partial charge < -0.3 is 5.32 Å². The summed E-state index contributed by atoms with van der Waals surface area (Å²) in [5, 5.41) is 2.94. The van der Waals surface area contributed by atoms with Gasteiger partial charge in [0.15, 0.2) is 0 Å². The normalized spacial score (nSPS) is 14.9. The first kappa shape index (κ1) is 18.5. The Morgan fingerprint density at radius 3 is 2.62 bits per heavy atom. The molecule has 0 spiro atoms. The molecule has 0 aliphatic heterocycles. The van der Waals surface area contributed by atoms with Crippen molar-refractivity contribution >= 4 is 21.6 Å². The zero-order valence-corrected chi connectivity index (χ0v) is 15.4. The summed E-state index contributed by atoms with van der Waals surface area (Å²) in [7, 11) is -1.80. The van der Waals surface area contributed by atoms with Crippen LogP contribution >= 0.6 is 0 Å². The SMILES string of the molecule is Cc1cc(C(=O)NCCC2=CCCCC2)ccc1N(C)S(C)(=O)=O. The average molecular weight is 350 g/mol. The Kier molecular flexibility index (Phi) is 6.04. The topological polar surface area (TPSA) is 66.5 Å². The lowest BCUT2D eigenvalue weighted by atomic mass is 9.97. The van der Waals surface area contributed by atoms with Crippen LogP contribution in [0.4, 0.5) is 5.69 Å². The van der Waals surface area contributed by atoms with E-state index in [-0.39, 0.29) is 5.91 Å². The summed E-state index contributed by atoms with van der Waals surface area (Å²) in [6, 6.07) is 5.07. The Morgan fingerprint density at radius 1 is 1.29 bits per heavy atom. The number of allylic oxidation sites excluding steroid dienone is 1. The van der Waals surface area contributed by atoms with Crippen molar-refractivity contribution < 1.29 is 13.2 Å². The van der Waals surface area contributed by atoms with Crippen molar-refractivity contribution in [3.63, 3.8) is 0 Å². The number of hydrogen-bond acceptors (Lipinski definition) is 3. The van der Waals surface area contributed by atoms with Gasteiger partial charge in [0.2, 0.25) is 10.0 Å². The first-order valence-corrected chi connectivity index (χ1v) is 10.1. The van der Waals surface area contributed by atoms with E-state index in [2.05, 4.69) is 11.4 Å². The van der Waals surface area contributed by atoms with Gasteiger partial charge in [0.1, 0.15) is 0 Å². The molecular formula is C18H26N2O3S. The van der Waals surface area contributed by atoms with Gasteiger partial charge in [-0.25, -0.2) is 8.42 Å². The van der Waals surface area contributed by atoms with E-state index in [9.17, 15) is 13.2 Å². The molecule has 1 aromatic rings. The number of carbonyl (C=O) groups excluding carboxylic acids is 1. The molecular weight excluding hydrogens is 324 g/mol. The molecule has 1 amide bonds. The van der Waals surface area contributed by atoms with Crippen LogP contribution in [0.3, 0.4) is 0 Å². The fourth-order valence-electron chi connectivity index (χ4n) is 2.90. The maximum absolute atomic E-state index is 12.3. The van der Waals surface area contributed by atoms with E-state index in [1.807, 2.05) is 0 Å². The maximum atomic E-state index is 12.3. The van der Waals surface area contributed by atoms with E-state index >= 15 is 0 Å². The third kappa shape index (κ3) is 4.84. The van der Waals surface area contributed by atoms with Crippen molar-refractivity contribution in [2.75, 3.05) is 24.2 Å². The average Bonchev–Trinajstić information content (AvgIpc) is 2.54. The zero-order chi connectivity index (χ0) is 17.7. The summed E-state index contributed by atoms with van der Waals surface area (Å²) in [6.07, 6.45) is 9.15. The Labute approximate surface area is 144 Å². The first-order valence-electron chi connectivity index (χ1n) is 8.29. The third-order valence-corrected chi connectivity index (χ3v) is 5.60. The van der Waals surface area contributed by atoms with Gasteiger partial charge in [-0.3, -0.25) is 9.10 Å². The second-order valence-electron chi connectivity index (χ2n) is 6.35. The number of anilines is 1. The third-order valence-electron chi connectivity index (χ3n) is 4.41. The molecule has 0 atom stereocenters. The summed E-state index contributed by atoms with van der Waals surface area (Å²) in [4.78, 5) is 12.3. The number of sulfonamides is 1. The molecule has 1 aliphatic carbocycles. The predicted molar refractivity (Wildman–Crippen MR) is 97.9 cm³/mol. The van der Waals surface area contributed by atoms with Gasteiger partial charge in [-0.1, -0.05) is 11.6 Å². The molecule has 0 heterocycles. The highest BCUT2D eigenvalue weighted by Crippen LogP contribution is 2.22. The van der Waals surface area contributed by atoms with Crippen LogP contribution in [0, 0.1) is 6.92 Å². The first-order chi connectivity index (χ1) is 11.3. The molecule has 5 nitrogen and oxygen atoms in total. The summed E-state index contributed by atoms with van der Waals surface area (Å²) in [6.45, 7) is 2.44. The minimum atomic E-state index is -3.31. The number of aryl methyl sites for hydroxylation is 1. The van der Waals surface area contributed by atoms with Crippen molar-refractivity contribution in [2.24, 2.45) is 0 Å². The van der Waals surface area contributed by atoms with E-state index in [0.29, 0.717) is 17.8 Å². The van der Waals surface area contributed by atoms with Crippen LogP contribution in [0.1, 0.15) is 48.0 Å². The van der Waals surface area contributed by atoms with E-state index in [4.69, 9.17) is 0 Å². The van der Waals surface area contributed by atoms with E-state index in [1.165, 1.54) is 29.8 Å². The van der Waals surface area contributed by atoms with Gasteiger partial charge in [-0.05, 0) is 62.8 Å². The Bertz CT molecular complexity index is 739. The van der Waals surface area contributed by atoms with Crippen LogP contribution in [0.25, 0.3) is 0 Å². The van der Waals surface area contributed by atoms with Gasteiger partial charge in [0.25, 0.3) is 5.91 Å². The van der Waals surface area contributed by atoms with E-state index in [0.717, 1.165) is 31.1 Å². The number of benzene rings is 1. The van der Waals surface area contributed by atoms with Crippen LogP contribution in [0.2, 0.25) is 0 Å². The quantitative estimate of drug-likeness (QED) is 0.802. The van der Waals surface area contributed by atoms with Crippen LogP contribution in [0.15, 0.2) is 29.8 Å². The monoisotopic (exact) mass is 350 g/mol. The lowest BCUT2D eigenvalue weighted by molar-refractivity contribution is 0.0954. The molecule has 1 aromatic carbocycles. The highest BCUT2D eigenvalue weighted by atomic mass is 32.2. The van der Waals surface area contributed by atoms with Crippen molar-refractivity contribution in [1.82, 2.24) is 5.32 Å². The highest BCUT2D eigenvalue weighted by molar-refractivity contribution is 7.92. The van der Waals surface area contributed by atoms with Crippen LogP contribution in [0.5, 0.6) is 0 Å². The Morgan fingerprint density at radius 2 is 2.04 bits per heavy atom. The van der Waals surface area contributed by atoms with Gasteiger partial charge >= 0.3 is 0 Å². The number of nitrogens with one attached hydrogen (secondary N) is 1. The predicted octanol–water partition coefficient (Wildman–Crippen LogP) is 3.01. The van der Waals surface area contributed by atoms with Crippen LogP contribution in [-0.2, 0) is 10.0 Å². The molecule has 0 unspecified atom stereocenters. The van der Waals surface area contributed by atoms with E-state index in [1.54, 1.807) is 25.1 Å². The lowest BCUT2D eigenvalue weighted by Crippen LogP contribution is -2.27. The van der Waals surface area contributed by atoms with Gasteiger partial charge in [0, 0.05) is 19.2 Å². The lowest BCUT2D eigenvalue weighted by Gasteiger charge is -2.19. The Balaban J connectivity index is 1.97. The van der Waals surface area contributed by atoms with E-state index < -0.39 is 10.0 Å². The fraction of sp³-hybridized carbons (Fsp3) is 0.500. The molecule has 0 saturated heterocycles. The highest BCUT2D eigenvalue weighted by Gasteiger charge is 2.15. The number of amides is 1. The molecule has 0 radical (unpaired) electrons. The second-order valence-corrected chi connectivity index (χ2v) is 8.36. The molecule has 1 N–H and O–H groups in total. The number of rotatable bonds is 6. The molecule has 1 aliphatic rings. The van der Waals surface area contributed by atoms with Crippen molar-refractivity contribution in [3.8, 4) is 0 Å². The van der Waals surface area contributed by atoms with Gasteiger partial charge in [-0.15, -0.1) is 0 Å². The number of nitrogens with zero attached hydrogens (tertiary/aromatic N) is 1. The minimum Gasteiger partial charge on any atom is -0.352 e. The van der Waals surface area contributed by atoms with Gasteiger partial charge in [0.05, 0.1) is 11.9 Å². The summed E-state index contributed by atoms with van der Waals surface area (Å²) < 4.78 is 24.5. The molecule has 0 aromatic heterocycles. The summed E-state index contributed by atoms with van der Waals surface area (Å²) >= 11 is 0. The smallest absolute Gasteiger partial charge is 0.251 e. The number of hydrogen-bond donors (Lipinski definition) is 1. The molecule has 0 fully saturated rings. The fourth-order valence-corrected chi connectivity index (χ4v) is 3.46.